The molecular weight excluding hydrogens is 262 g/mol. The van der Waals surface area contributed by atoms with Gasteiger partial charge in [0.05, 0.1) is 11.3 Å². The summed E-state index contributed by atoms with van der Waals surface area (Å²) < 4.78 is 5.68. The highest BCUT2D eigenvalue weighted by Gasteiger charge is 2.19. The molecule has 0 aliphatic carbocycles. The fourth-order valence-electron chi connectivity index (χ4n) is 2.84. The Morgan fingerprint density at radius 1 is 1.19 bits per heavy atom. The van der Waals surface area contributed by atoms with Gasteiger partial charge in [-0.2, -0.15) is 0 Å². The fraction of sp³-hybridized carbons (Fsp3) is 0.278. The molecule has 2 aromatic rings. The lowest BCUT2D eigenvalue weighted by atomic mass is 9.98. The first-order valence-electron chi connectivity index (χ1n) is 7.23. The molecule has 3 heteroatoms. The molecule has 1 aliphatic heterocycles. The van der Waals surface area contributed by atoms with E-state index in [1.807, 2.05) is 18.2 Å². The van der Waals surface area contributed by atoms with E-state index in [-0.39, 0.29) is 5.78 Å². The maximum Gasteiger partial charge on any atom is 0.171 e. The summed E-state index contributed by atoms with van der Waals surface area (Å²) in [4.78, 5) is 12.6. The van der Waals surface area contributed by atoms with Crippen LogP contribution in [0.1, 0.15) is 27.0 Å². The Labute approximate surface area is 124 Å². The summed E-state index contributed by atoms with van der Waals surface area (Å²) >= 11 is 0. The molecule has 0 spiro atoms. The summed E-state index contributed by atoms with van der Waals surface area (Å²) in [5.41, 5.74) is 5.00. The number of hydrogen-bond acceptors (Lipinski definition) is 3. The number of fused-ring (bicyclic) bond motifs is 1. The van der Waals surface area contributed by atoms with Crippen LogP contribution in [-0.4, -0.2) is 18.9 Å². The van der Waals surface area contributed by atoms with Crippen molar-refractivity contribution < 1.29 is 9.53 Å². The zero-order valence-electron chi connectivity index (χ0n) is 12.4. The largest absolute Gasteiger partial charge is 0.489 e. The minimum atomic E-state index is 0.0977. The van der Waals surface area contributed by atoms with Gasteiger partial charge < -0.3 is 10.1 Å². The average molecular weight is 281 g/mol. The molecule has 0 unspecified atom stereocenters. The standard InChI is InChI=1S/C18H19NO2/c1-12-8-13(2)10-14(9-12)11-17(20)15-4-3-5-16-18(15)21-7-6-19-16/h3-5,8-10,19H,6-7,11H2,1-2H3. The molecule has 0 saturated carbocycles. The van der Waals surface area contributed by atoms with E-state index in [4.69, 9.17) is 4.74 Å². The number of hydrogen-bond donors (Lipinski definition) is 1. The van der Waals surface area contributed by atoms with Gasteiger partial charge in [0.2, 0.25) is 0 Å². The molecule has 3 nitrogen and oxygen atoms in total. The molecule has 0 radical (unpaired) electrons. The SMILES string of the molecule is Cc1cc(C)cc(CC(=O)c2cccc3c2OCCN3)c1. The second-order valence-electron chi connectivity index (χ2n) is 5.55. The summed E-state index contributed by atoms with van der Waals surface area (Å²) in [6, 6.07) is 11.9. The number of benzene rings is 2. The van der Waals surface area contributed by atoms with Crippen LogP contribution in [0.15, 0.2) is 36.4 Å². The van der Waals surface area contributed by atoms with E-state index in [2.05, 4.69) is 37.4 Å². The van der Waals surface area contributed by atoms with Crippen molar-refractivity contribution in [2.75, 3.05) is 18.5 Å². The zero-order valence-corrected chi connectivity index (χ0v) is 12.4. The van der Waals surface area contributed by atoms with Gasteiger partial charge in [-0.3, -0.25) is 4.79 Å². The lowest BCUT2D eigenvalue weighted by Crippen LogP contribution is -2.20. The van der Waals surface area contributed by atoms with Gasteiger partial charge in [-0.15, -0.1) is 0 Å². The van der Waals surface area contributed by atoms with Crippen LogP contribution in [0.4, 0.5) is 5.69 Å². The first-order valence-corrected chi connectivity index (χ1v) is 7.23. The second-order valence-corrected chi connectivity index (χ2v) is 5.55. The fourth-order valence-corrected chi connectivity index (χ4v) is 2.84. The molecule has 3 rings (SSSR count). The van der Waals surface area contributed by atoms with Crippen LogP contribution >= 0.6 is 0 Å². The van der Waals surface area contributed by atoms with Crippen molar-refractivity contribution in [3.63, 3.8) is 0 Å². The molecule has 1 heterocycles. The van der Waals surface area contributed by atoms with Crippen LogP contribution < -0.4 is 10.1 Å². The monoisotopic (exact) mass is 281 g/mol. The number of ketones is 1. The van der Waals surface area contributed by atoms with Crippen molar-refractivity contribution >= 4 is 11.5 Å². The highest BCUT2D eigenvalue weighted by molar-refractivity contribution is 6.01. The number of para-hydroxylation sites is 1. The topological polar surface area (TPSA) is 38.3 Å². The summed E-state index contributed by atoms with van der Waals surface area (Å²) in [6.45, 7) is 5.49. The Balaban J connectivity index is 1.89. The predicted octanol–water partition coefficient (Wildman–Crippen LogP) is 3.53. The first-order chi connectivity index (χ1) is 10.1. The third-order valence-electron chi connectivity index (χ3n) is 3.63. The van der Waals surface area contributed by atoms with Crippen molar-refractivity contribution in [3.05, 3.63) is 58.7 Å². The van der Waals surface area contributed by atoms with Crippen LogP contribution in [-0.2, 0) is 6.42 Å². The summed E-state index contributed by atoms with van der Waals surface area (Å²) in [5, 5.41) is 3.26. The highest BCUT2D eigenvalue weighted by Crippen LogP contribution is 2.32. The summed E-state index contributed by atoms with van der Waals surface area (Å²) in [7, 11) is 0. The van der Waals surface area contributed by atoms with E-state index in [0.29, 0.717) is 24.3 Å². The predicted molar refractivity (Wildman–Crippen MR) is 84.4 cm³/mol. The number of rotatable bonds is 3. The molecule has 1 aliphatic rings. The molecule has 1 N–H and O–H groups in total. The number of nitrogens with one attached hydrogen (secondary N) is 1. The van der Waals surface area contributed by atoms with E-state index < -0.39 is 0 Å². The zero-order chi connectivity index (χ0) is 14.8. The van der Waals surface area contributed by atoms with Crippen molar-refractivity contribution in [2.24, 2.45) is 0 Å². The Hall–Kier alpha value is -2.29. The Morgan fingerprint density at radius 3 is 2.71 bits per heavy atom. The molecule has 2 aromatic carbocycles. The number of Topliss-reactive ketones (excluding diaryl/α,β-unsaturated/α-hetero) is 1. The van der Waals surface area contributed by atoms with Crippen LogP contribution in [0.5, 0.6) is 5.75 Å². The Kier molecular flexibility index (Phi) is 3.65. The van der Waals surface area contributed by atoms with Crippen LogP contribution in [0.2, 0.25) is 0 Å². The Morgan fingerprint density at radius 2 is 1.95 bits per heavy atom. The van der Waals surface area contributed by atoms with Crippen molar-refractivity contribution in [3.8, 4) is 5.75 Å². The molecule has 0 amide bonds. The van der Waals surface area contributed by atoms with E-state index >= 15 is 0 Å². The maximum absolute atomic E-state index is 12.6. The normalized spacial score (nSPS) is 13.0. The van der Waals surface area contributed by atoms with Gasteiger partial charge in [0.1, 0.15) is 6.61 Å². The van der Waals surface area contributed by atoms with E-state index in [1.54, 1.807) is 0 Å². The molecule has 0 atom stereocenters. The van der Waals surface area contributed by atoms with Gasteiger partial charge in [-0.05, 0) is 31.5 Å². The quantitative estimate of drug-likeness (QED) is 0.875. The van der Waals surface area contributed by atoms with Gasteiger partial charge in [-0.25, -0.2) is 0 Å². The van der Waals surface area contributed by atoms with Crippen LogP contribution in [0.25, 0.3) is 0 Å². The van der Waals surface area contributed by atoms with Gasteiger partial charge in [0, 0.05) is 13.0 Å². The number of ether oxygens (including phenoxy) is 1. The first kappa shape index (κ1) is 13.7. The van der Waals surface area contributed by atoms with Crippen molar-refractivity contribution in [1.29, 1.82) is 0 Å². The van der Waals surface area contributed by atoms with Gasteiger partial charge >= 0.3 is 0 Å². The molecule has 0 saturated heterocycles. The summed E-state index contributed by atoms with van der Waals surface area (Å²) in [5.74, 6) is 0.790. The minimum Gasteiger partial charge on any atom is -0.489 e. The Bertz CT molecular complexity index is 671. The highest BCUT2D eigenvalue weighted by atomic mass is 16.5. The lowest BCUT2D eigenvalue weighted by molar-refractivity contribution is 0.0989. The van der Waals surface area contributed by atoms with Crippen molar-refractivity contribution in [1.82, 2.24) is 0 Å². The molecule has 21 heavy (non-hydrogen) atoms. The molecule has 108 valence electrons. The van der Waals surface area contributed by atoms with E-state index in [0.717, 1.165) is 17.8 Å². The number of carbonyl (C=O) groups is 1. The van der Waals surface area contributed by atoms with Crippen molar-refractivity contribution in [2.45, 2.75) is 20.3 Å². The van der Waals surface area contributed by atoms with E-state index in [1.165, 1.54) is 11.1 Å². The van der Waals surface area contributed by atoms with Crippen LogP contribution in [0, 0.1) is 13.8 Å². The average Bonchev–Trinajstić information content (AvgIpc) is 2.45. The van der Waals surface area contributed by atoms with Gasteiger partial charge in [-0.1, -0.05) is 35.4 Å². The summed E-state index contributed by atoms with van der Waals surface area (Å²) in [6.07, 6.45) is 0.405. The molecule has 0 aromatic heterocycles. The lowest BCUT2D eigenvalue weighted by Gasteiger charge is -2.21. The second kappa shape index (κ2) is 5.60. The number of anilines is 1. The van der Waals surface area contributed by atoms with Gasteiger partial charge in [0.25, 0.3) is 0 Å². The van der Waals surface area contributed by atoms with Gasteiger partial charge in [0.15, 0.2) is 11.5 Å². The molecule has 0 fully saturated rings. The third-order valence-corrected chi connectivity index (χ3v) is 3.63. The third kappa shape index (κ3) is 2.92. The number of aryl methyl sites for hydroxylation is 2. The van der Waals surface area contributed by atoms with E-state index in [9.17, 15) is 4.79 Å². The molecular formula is C18H19NO2. The maximum atomic E-state index is 12.6. The molecule has 0 bridgehead atoms. The number of carbonyl (C=O) groups excluding carboxylic acids is 1. The minimum absolute atomic E-state index is 0.0977. The van der Waals surface area contributed by atoms with Crippen LogP contribution in [0.3, 0.4) is 0 Å². The smallest absolute Gasteiger partial charge is 0.171 e.